The van der Waals surface area contributed by atoms with E-state index in [1.807, 2.05) is 24.8 Å². The third-order valence-corrected chi connectivity index (χ3v) is 4.14. The van der Waals surface area contributed by atoms with Gasteiger partial charge in [-0.1, -0.05) is 26.0 Å². The second kappa shape index (κ2) is 8.46. The van der Waals surface area contributed by atoms with Crippen LogP contribution < -0.4 is 10.6 Å². The molecule has 8 nitrogen and oxygen atoms in total. The first kappa shape index (κ1) is 18.7. The number of likely N-dealkylation sites (tertiary alicyclic amines) is 1. The van der Waals surface area contributed by atoms with E-state index in [4.69, 9.17) is 0 Å². The first-order valence-electron chi connectivity index (χ1n) is 8.40. The van der Waals surface area contributed by atoms with Crippen LogP contribution in [0.25, 0.3) is 0 Å². The van der Waals surface area contributed by atoms with Crippen LogP contribution in [-0.4, -0.2) is 47.9 Å². The molecular formula is C17H25N5O3. The first-order chi connectivity index (χ1) is 11.9. The summed E-state index contributed by atoms with van der Waals surface area (Å²) in [5.74, 6) is 0.796. The summed E-state index contributed by atoms with van der Waals surface area (Å²) in [6, 6.07) is 6.65. The molecule has 2 N–H and O–H groups in total. The Morgan fingerprint density at radius 2 is 2.24 bits per heavy atom. The number of carbonyl (C=O) groups is 1. The molecule has 2 rings (SSSR count). The van der Waals surface area contributed by atoms with E-state index < -0.39 is 4.92 Å². The largest absolute Gasteiger partial charge is 0.352 e. The van der Waals surface area contributed by atoms with Gasteiger partial charge in [0.15, 0.2) is 5.96 Å². The number of carbonyl (C=O) groups excluding carboxylic acids is 1. The van der Waals surface area contributed by atoms with Crippen LogP contribution in [0.3, 0.4) is 0 Å². The minimum atomic E-state index is -0.407. The molecule has 0 aromatic heterocycles. The summed E-state index contributed by atoms with van der Waals surface area (Å²) in [5, 5.41) is 17.3. The van der Waals surface area contributed by atoms with E-state index >= 15 is 0 Å². The molecule has 1 atom stereocenters. The number of non-ortho nitro benzene ring substituents is 1. The summed E-state index contributed by atoms with van der Waals surface area (Å²) >= 11 is 0. The number of nitro groups is 1. The second-order valence-corrected chi connectivity index (χ2v) is 6.42. The van der Waals surface area contributed by atoms with Crippen LogP contribution >= 0.6 is 0 Å². The van der Waals surface area contributed by atoms with Gasteiger partial charge in [0, 0.05) is 50.8 Å². The molecule has 1 aliphatic rings. The third kappa shape index (κ3) is 5.17. The zero-order chi connectivity index (χ0) is 18.4. The molecule has 1 fully saturated rings. The maximum Gasteiger partial charge on any atom is 0.269 e. The lowest BCUT2D eigenvalue weighted by atomic mass is 10.2. The van der Waals surface area contributed by atoms with Crippen molar-refractivity contribution in [3.05, 3.63) is 39.9 Å². The van der Waals surface area contributed by atoms with Crippen molar-refractivity contribution >= 4 is 17.6 Å². The highest BCUT2D eigenvalue weighted by molar-refractivity contribution is 5.81. The SMILES string of the molecule is CN=C(NCc1cccc([N+](=O)[O-])c1)NC1CCN(C(=O)C(C)C)C1. The Morgan fingerprint density at radius 1 is 1.48 bits per heavy atom. The molecule has 25 heavy (non-hydrogen) atoms. The predicted octanol–water partition coefficient (Wildman–Crippen LogP) is 1.52. The number of aliphatic imine (C=N–C) groups is 1. The monoisotopic (exact) mass is 347 g/mol. The van der Waals surface area contributed by atoms with Crippen molar-refractivity contribution in [2.45, 2.75) is 32.9 Å². The van der Waals surface area contributed by atoms with Gasteiger partial charge in [0.25, 0.3) is 5.69 Å². The van der Waals surface area contributed by atoms with Crippen LogP contribution in [-0.2, 0) is 11.3 Å². The van der Waals surface area contributed by atoms with Crippen LogP contribution in [0, 0.1) is 16.0 Å². The summed E-state index contributed by atoms with van der Waals surface area (Å²) in [5.41, 5.74) is 0.876. The smallest absolute Gasteiger partial charge is 0.269 e. The zero-order valence-electron chi connectivity index (χ0n) is 14.9. The van der Waals surface area contributed by atoms with Gasteiger partial charge in [-0.2, -0.15) is 0 Å². The lowest BCUT2D eigenvalue weighted by Crippen LogP contribution is -2.45. The molecule has 0 saturated carbocycles. The molecule has 1 heterocycles. The summed E-state index contributed by atoms with van der Waals surface area (Å²) in [6.07, 6.45) is 0.871. The summed E-state index contributed by atoms with van der Waals surface area (Å²) < 4.78 is 0. The van der Waals surface area contributed by atoms with Gasteiger partial charge in [-0.3, -0.25) is 19.9 Å². The second-order valence-electron chi connectivity index (χ2n) is 6.42. The molecule has 136 valence electrons. The van der Waals surface area contributed by atoms with E-state index in [-0.39, 0.29) is 23.6 Å². The van der Waals surface area contributed by atoms with Gasteiger partial charge in [-0.05, 0) is 12.0 Å². The highest BCUT2D eigenvalue weighted by Gasteiger charge is 2.27. The Hall–Kier alpha value is -2.64. The van der Waals surface area contributed by atoms with Gasteiger partial charge in [0.2, 0.25) is 5.91 Å². The van der Waals surface area contributed by atoms with Crippen molar-refractivity contribution in [3.8, 4) is 0 Å². The quantitative estimate of drug-likeness (QED) is 0.364. The highest BCUT2D eigenvalue weighted by atomic mass is 16.6. The van der Waals surface area contributed by atoms with E-state index in [0.29, 0.717) is 19.0 Å². The predicted molar refractivity (Wildman–Crippen MR) is 96.3 cm³/mol. The highest BCUT2D eigenvalue weighted by Crippen LogP contribution is 2.14. The molecule has 8 heteroatoms. The number of benzene rings is 1. The summed E-state index contributed by atoms with van der Waals surface area (Å²) in [6.45, 7) is 5.65. The van der Waals surface area contributed by atoms with E-state index in [2.05, 4.69) is 15.6 Å². The molecule has 0 spiro atoms. The minimum Gasteiger partial charge on any atom is -0.352 e. The van der Waals surface area contributed by atoms with Gasteiger partial charge < -0.3 is 15.5 Å². The topological polar surface area (TPSA) is 99.9 Å². The first-order valence-corrected chi connectivity index (χ1v) is 8.40. The Morgan fingerprint density at radius 3 is 2.88 bits per heavy atom. The van der Waals surface area contributed by atoms with Crippen LogP contribution in [0.15, 0.2) is 29.3 Å². The number of guanidine groups is 1. The summed E-state index contributed by atoms with van der Waals surface area (Å²) in [7, 11) is 1.68. The molecule has 1 aliphatic heterocycles. The van der Waals surface area contributed by atoms with E-state index in [1.165, 1.54) is 6.07 Å². The molecular weight excluding hydrogens is 322 g/mol. The van der Waals surface area contributed by atoms with Crippen LogP contribution in [0.5, 0.6) is 0 Å². The molecule has 0 aliphatic carbocycles. The number of hydrogen-bond acceptors (Lipinski definition) is 4. The average Bonchev–Trinajstić information content (AvgIpc) is 3.06. The average molecular weight is 347 g/mol. The summed E-state index contributed by atoms with van der Waals surface area (Å²) in [4.78, 5) is 28.5. The maximum atomic E-state index is 12.0. The number of hydrogen-bond donors (Lipinski definition) is 2. The van der Waals surface area contributed by atoms with Crippen molar-refractivity contribution in [1.29, 1.82) is 0 Å². The fourth-order valence-electron chi connectivity index (χ4n) is 2.80. The van der Waals surface area contributed by atoms with Crippen LogP contribution in [0.4, 0.5) is 5.69 Å². The lowest BCUT2D eigenvalue weighted by Gasteiger charge is -2.20. The van der Waals surface area contributed by atoms with Crippen LogP contribution in [0.2, 0.25) is 0 Å². The number of nitro benzene ring substituents is 1. The van der Waals surface area contributed by atoms with Gasteiger partial charge >= 0.3 is 0 Å². The van der Waals surface area contributed by atoms with Gasteiger partial charge in [0.05, 0.1) is 4.92 Å². The normalized spacial score (nSPS) is 17.7. The van der Waals surface area contributed by atoms with Crippen LogP contribution in [0.1, 0.15) is 25.8 Å². The number of rotatable bonds is 5. The van der Waals surface area contributed by atoms with Gasteiger partial charge in [-0.15, -0.1) is 0 Å². The number of nitrogens with zero attached hydrogens (tertiary/aromatic N) is 3. The van der Waals surface area contributed by atoms with Gasteiger partial charge in [0.1, 0.15) is 0 Å². The van der Waals surface area contributed by atoms with Crippen molar-refractivity contribution in [1.82, 2.24) is 15.5 Å². The van der Waals surface area contributed by atoms with E-state index in [9.17, 15) is 14.9 Å². The Kier molecular flexibility index (Phi) is 6.32. The Balaban J connectivity index is 1.86. The van der Waals surface area contributed by atoms with E-state index in [1.54, 1.807) is 19.2 Å². The molecule has 1 unspecified atom stereocenters. The lowest BCUT2D eigenvalue weighted by molar-refractivity contribution is -0.384. The molecule has 1 amide bonds. The zero-order valence-corrected chi connectivity index (χ0v) is 14.9. The maximum absolute atomic E-state index is 12.0. The molecule has 1 aromatic rings. The third-order valence-electron chi connectivity index (χ3n) is 4.14. The Labute approximate surface area is 147 Å². The number of nitrogens with one attached hydrogen (secondary N) is 2. The standard InChI is InChI=1S/C17H25N5O3/c1-12(2)16(23)21-8-7-14(11-21)20-17(18-3)19-10-13-5-4-6-15(9-13)22(24)25/h4-6,9,12,14H,7-8,10-11H2,1-3H3,(H2,18,19,20). The Bertz CT molecular complexity index is 659. The fraction of sp³-hybridized carbons (Fsp3) is 0.529. The van der Waals surface area contributed by atoms with Crippen molar-refractivity contribution < 1.29 is 9.72 Å². The molecule has 1 aromatic carbocycles. The number of amides is 1. The van der Waals surface area contributed by atoms with Crippen molar-refractivity contribution in [2.75, 3.05) is 20.1 Å². The fourth-order valence-corrected chi connectivity index (χ4v) is 2.80. The van der Waals surface area contributed by atoms with Gasteiger partial charge in [-0.25, -0.2) is 0 Å². The van der Waals surface area contributed by atoms with E-state index in [0.717, 1.165) is 18.5 Å². The van der Waals surface area contributed by atoms with Crippen molar-refractivity contribution in [2.24, 2.45) is 10.9 Å². The molecule has 0 bridgehead atoms. The molecule has 1 saturated heterocycles. The van der Waals surface area contributed by atoms with Crippen molar-refractivity contribution in [3.63, 3.8) is 0 Å². The molecule has 0 radical (unpaired) electrons. The minimum absolute atomic E-state index is 0.00468.